The van der Waals surface area contributed by atoms with E-state index in [1.807, 2.05) is 56.3 Å². The summed E-state index contributed by atoms with van der Waals surface area (Å²) in [6.45, 7) is 3.85. The minimum absolute atomic E-state index is 0.0226. The molecule has 3 unspecified atom stereocenters. The molecule has 0 fully saturated rings. The standard InChI is InChI=1S/C27H29NO5/c1-15-8-6-7-9-19(15)25-24(27(30)33-5)16(2)28-20-12-18(13-21(29)26(20)25)17-10-11-22(31-3)23(14-17)32-4/h6-11,14,18,24-25H,12-13H2,1-5H3. The van der Waals surface area contributed by atoms with Gasteiger partial charge in [-0.2, -0.15) is 0 Å². The summed E-state index contributed by atoms with van der Waals surface area (Å²) in [6, 6.07) is 13.7. The summed E-state index contributed by atoms with van der Waals surface area (Å²) in [5.41, 5.74) is 5.08. The van der Waals surface area contributed by atoms with E-state index in [4.69, 9.17) is 19.2 Å². The zero-order chi connectivity index (χ0) is 23.7. The van der Waals surface area contributed by atoms with Crippen LogP contribution in [-0.4, -0.2) is 38.8 Å². The van der Waals surface area contributed by atoms with Gasteiger partial charge in [0.2, 0.25) is 0 Å². The molecule has 0 aromatic heterocycles. The molecule has 33 heavy (non-hydrogen) atoms. The Bertz CT molecular complexity index is 1160. The molecule has 172 valence electrons. The maximum absolute atomic E-state index is 13.6. The van der Waals surface area contributed by atoms with Crippen molar-refractivity contribution in [2.75, 3.05) is 21.3 Å². The van der Waals surface area contributed by atoms with Crippen molar-refractivity contribution in [1.82, 2.24) is 0 Å². The highest BCUT2D eigenvalue weighted by atomic mass is 16.5. The molecule has 1 aliphatic carbocycles. The Morgan fingerprint density at radius 2 is 1.70 bits per heavy atom. The fraction of sp³-hybridized carbons (Fsp3) is 0.370. The van der Waals surface area contributed by atoms with E-state index in [9.17, 15) is 9.59 Å². The molecule has 0 amide bonds. The number of ketones is 1. The fourth-order valence-electron chi connectivity index (χ4n) is 5.11. The number of carbonyl (C=O) groups is 2. The zero-order valence-electron chi connectivity index (χ0n) is 19.7. The highest BCUT2D eigenvalue weighted by molar-refractivity contribution is 6.09. The van der Waals surface area contributed by atoms with Gasteiger partial charge in [-0.25, -0.2) is 0 Å². The number of aryl methyl sites for hydroxylation is 1. The van der Waals surface area contributed by atoms with Crippen LogP contribution in [-0.2, 0) is 14.3 Å². The number of hydrogen-bond donors (Lipinski definition) is 0. The van der Waals surface area contributed by atoms with Gasteiger partial charge in [-0.05, 0) is 55.0 Å². The van der Waals surface area contributed by atoms with E-state index in [0.29, 0.717) is 35.6 Å². The third-order valence-electron chi connectivity index (χ3n) is 6.75. The number of rotatable bonds is 5. The summed E-state index contributed by atoms with van der Waals surface area (Å²) in [5, 5.41) is 0. The largest absolute Gasteiger partial charge is 0.493 e. The molecule has 4 rings (SSSR count). The average Bonchev–Trinajstić information content (AvgIpc) is 2.82. The lowest BCUT2D eigenvalue weighted by molar-refractivity contribution is -0.143. The highest BCUT2D eigenvalue weighted by Crippen LogP contribution is 2.48. The maximum atomic E-state index is 13.6. The second-order valence-corrected chi connectivity index (χ2v) is 8.59. The van der Waals surface area contributed by atoms with Crippen molar-refractivity contribution >= 4 is 17.5 Å². The van der Waals surface area contributed by atoms with Crippen LogP contribution in [0.1, 0.15) is 48.3 Å². The second-order valence-electron chi connectivity index (χ2n) is 8.59. The molecule has 2 aromatic carbocycles. The molecule has 2 aliphatic rings. The quantitative estimate of drug-likeness (QED) is 0.618. The number of methoxy groups -OCH3 is 3. The van der Waals surface area contributed by atoms with Crippen LogP contribution in [0.3, 0.4) is 0 Å². The smallest absolute Gasteiger partial charge is 0.315 e. The van der Waals surface area contributed by atoms with Crippen molar-refractivity contribution in [2.45, 2.75) is 38.5 Å². The van der Waals surface area contributed by atoms with E-state index in [2.05, 4.69) is 0 Å². The van der Waals surface area contributed by atoms with E-state index < -0.39 is 11.8 Å². The average molecular weight is 448 g/mol. The fourth-order valence-corrected chi connectivity index (χ4v) is 5.11. The second kappa shape index (κ2) is 9.22. The summed E-state index contributed by atoms with van der Waals surface area (Å²) in [6.07, 6.45) is 0.962. The number of ether oxygens (including phenoxy) is 3. The lowest BCUT2D eigenvalue weighted by Crippen LogP contribution is -2.38. The minimum Gasteiger partial charge on any atom is -0.493 e. The van der Waals surface area contributed by atoms with Crippen LogP contribution in [0, 0.1) is 12.8 Å². The lowest BCUT2D eigenvalue weighted by Gasteiger charge is -2.37. The molecule has 0 radical (unpaired) electrons. The topological polar surface area (TPSA) is 74.2 Å². The van der Waals surface area contributed by atoms with Crippen LogP contribution in [0.25, 0.3) is 0 Å². The van der Waals surface area contributed by atoms with Crippen LogP contribution in [0.4, 0.5) is 0 Å². The first-order chi connectivity index (χ1) is 15.9. The van der Waals surface area contributed by atoms with Crippen LogP contribution >= 0.6 is 0 Å². The Balaban J connectivity index is 1.80. The number of Topliss-reactive ketones (excluding diaryl/α,β-unsaturated/α-hetero) is 1. The summed E-state index contributed by atoms with van der Waals surface area (Å²) in [5.74, 6) is -0.106. The monoisotopic (exact) mass is 447 g/mol. The Kier molecular flexibility index (Phi) is 6.36. The van der Waals surface area contributed by atoms with Crippen molar-refractivity contribution in [1.29, 1.82) is 0 Å². The highest BCUT2D eigenvalue weighted by Gasteiger charge is 2.45. The van der Waals surface area contributed by atoms with Gasteiger partial charge in [0, 0.05) is 29.3 Å². The normalized spacial score (nSPS) is 22.4. The van der Waals surface area contributed by atoms with Crippen LogP contribution in [0.15, 0.2) is 58.7 Å². The molecule has 6 heteroatoms. The van der Waals surface area contributed by atoms with E-state index >= 15 is 0 Å². The summed E-state index contributed by atoms with van der Waals surface area (Å²) >= 11 is 0. The van der Waals surface area contributed by atoms with Crippen molar-refractivity contribution < 1.29 is 23.8 Å². The van der Waals surface area contributed by atoms with Gasteiger partial charge in [0.15, 0.2) is 17.3 Å². The van der Waals surface area contributed by atoms with E-state index in [-0.39, 0.29) is 17.7 Å². The van der Waals surface area contributed by atoms with Gasteiger partial charge in [-0.15, -0.1) is 0 Å². The number of allylic oxidation sites excluding steroid dienone is 2. The molecule has 2 aromatic rings. The predicted octanol–water partition coefficient (Wildman–Crippen LogP) is 4.76. The van der Waals surface area contributed by atoms with Gasteiger partial charge >= 0.3 is 5.97 Å². The van der Waals surface area contributed by atoms with Gasteiger partial charge in [-0.3, -0.25) is 14.6 Å². The molecule has 3 atom stereocenters. The van der Waals surface area contributed by atoms with Gasteiger partial charge in [0.25, 0.3) is 0 Å². The Labute approximate surface area is 194 Å². The number of nitrogens with zero attached hydrogens (tertiary/aromatic N) is 1. The summed E-state index contributed by atoms with van der Waals surface area (Å²) in [7, 11) is 4.58. The first-order valence-corrected chi connectivity index (χ1v) is 11.1. The molecular weight excluding hydrogens is 418 g/mol. The summed E-state index contributed by atoms with van der Waals surface area (Å²) in [4.78, 5) is 31.2. The minimum atomic E-state index is -0.614. The first-order valence-electron chi connectivity index (χ1n) is 11.1. The van der Waals surface area contributed by atoms with E-state index in [1.165, 1.54) is 7.11 Å². The number of hydrogen-bond acceptors (Lipinski definition) is 6. The van der Waals surface area contributed by atoms with Crippen molar-refractivity contribution in [3.8, 4) is 11.5 Å². The third kappa shape index (κ3) is 4.06. The van der Waals surface area contributed by atoms with Gasteiger partial charge in [0.05, 0.1) is 21.3 Å². The van der Waals surface area contributed by atoms with Crippen molar-refractivity contribution in [2.24, 2.45) is 10.9 Å². The number of benzene rings is 2. The van der Waals surface area contributed by atoms with Crippen molar-refractivity contribution in [3.63, 3.8) is 0 Å². The number of aliphatic imine (C=N–C) groups is 1. The van der Waals surface area contributed by atoms with E-state index in [1.54, 1.807) is 14.2 Å². The van der Waals surface area contributed by atoms with Crippen LogP contribution < -0.4 is 9.47 Å². The maximum Gasteiger partial charge on any atom is 0.315 e. The molecule has 1 aliphatic heterocycles. The number of esters is 1. The van der Waals surface area contributed by atoms with Crippen LogP contribution in [0.2, 0.25) is 0 Å². The van der Waals surface area contributed by atoms with E-state index in [0.717, 1.165) is 22.4 Å². The third-order valence-corrected chi connectivity index (χ3v) is 6.75. The molecular formula is C27H29NO5. The molecule has 0 saturated heterocycles. The zero-order valence-corrected chi connectivity index (χ0v) is 19.7. The van der Waals surface area contributed by atoms with Crippen LogP contribution in [0.5, 0.6) is 11.5 Å². The molecule has 0 saturated carbocycles. The predicted molar refractivity (Wildman–Crippen MR) is 126 cm³/mol. The number of carbonyl (C=O) groups excluding carboxylic acids is 2. The SMILES string of the molecule is COC(=O)C1C(C)=NC2=C(C(=O)CC(c3ccc(OC)c(OC)c3)C2)C1c1ccccc1C. The van der Waals surface area contributed by atoms with Gasteiger partial charge in [-0.1, -0.05) is 30.3 Å². The molecule has 1 heterocycles. The molecule has 0 N–H and O–H groups in total. The Hall–Kier alpha value is -3.41. The first kappa shape index (κ1) is 22.8. The molecule has 0 bridgehead atoms. The van der Waals surface area contributed by atoms with Gasteiger partial charge in [0.1, 0.15) is 5.92 Å². The molecule has 0 spiro atoms. The summed E-state index contributed by atoms with van der Waals surface area (Å²) < 4.78 is 15.9. The van der Waals surface area contributed by atoms with Crippen molar-refractivity contribution in [3.05, 3.63) is 70.4 Å². The molecule has 6 nitrogen and oxygen atoms in total. The Morgan fingerprint density at radius 3 is 2.36 bits per heavy atom. The van der Waals surface area contributed by atoms with Gasteiger partial charge < -0.3 is 14.2 Å². The Morgan fingerprint density at radius 1 is 0.970 bits per heavy atom. The lowest BCUT2D eigenvalue weighted by atomic mass is 9.68.